The number of fused-ring (bicyclic) bond motifs is 1. The van der Waals surface area contributed by atoms with Crippen LogP contribution in [-0.4, -0.2) is 39.2 Å². The Hall–Kier alpha value is -2.11. The molecule has 0 aromatic carbocycles. The normalized spacial score (nSPS) is 10.1. The van der Waals surface area contributed by atoms with Crippen molar-refractivity contribution in [2.75, 3.05) is 12.3 Å². The Bertz CT molecular complexity index is 790. The number of rotatable bonds is 4. The van der Waals surface area contributed by atoms with Crippen LogP contribution in [0.1, 0.15) is 17.6 Å². The topological polar surface area (TPSA) is 92.2 Å². The first kappa shape index (κ1) is 16.3. The SMILES string of the molecule is CC(=O)NCC#Cc1cc2c(SCC(=O)O)nc(C)nc2s1. The summed E-state index contributed by atoms with van der Waals surface area (Å²) >= 11 is 2.59. The second-order valence-electron chi connectivity index (χ2n) is 4.30. The number of carbonyl (C=O) groups is 2. The zero-order valence-corrected chi connectivity index (χ0v) is 13.6. The van der Waals surface area contributed by atoms with Gasteiger partial charge in [0.1, 0.15) is 15.7 Å². The Morgan fingerprint density at radius 1 is 1.45 bits per heavy atom. The molecule has 0 saturated heterocycles. The lowest BCUT2D eigenvalue weighted by atomic mass is 10.3. The van der Waals surface area contributed by atoms with E-state index >= 15 is 0 Å². The molecule has 1 amide bonds. The first-order chi connectivity index (χ1) is 10.5. The first-order valence-electron chi connectivity index (χ1n) is 6.32. The summed E-state index contributed by atoms with van der Waals surface area (Å²) in [6.45, 7) is 3.49. The molecule has 0 spiro atoms. The van der Waals surface area contributed by atoms with E-state index < -0.39 is 5.97 Å². The molecule has 2 aromatic rings. The second-order valence-corrected chi connectivity index (χ2v) is 6.29. The second kappa shape index (κ2) is 7.24. The van der Waals surface area contributed by atoms with E-state index in [1.807, 2.05) is 6.07 Å². The van der Waals surface area contributed by atoms with Crippen LogP contribution in [0.4, 0.5) is 0 Å². The van der Waals surface area contributed by atoms with Crippen LogP contribution >= 0.6 is 23.1 Å². The van der Waals surface area contributed by atoms with Crippen molar-refractivity contribution in [3.05, 3.63) is 16.8 Å². The van der Waals surface area contributed by atoms with Crippen molar-refractivity contribution in [2.45, 2.75) is 18.9 Å². The summed E-state index contributed by atoms with van der Waals surface area (Å²) in [4.78, 5) is 31.7. The van der Waals surface area contributed by atoms with Crippen LogP contribution < -0.4 is 5.32 Å². The zero-order chi connectivity index (χ0) is 16.1. The fourth-order valence-electron chi connectivity index (χ4n) is 1.60. The van der Waals surface area contributed by atoms with Gasteiger partial charge in [-0.2, -0.15) is 0 Å². The van der Waals surface area contributed by atoms with Gasteiger partial charge in [-0.15, -0.1) is 11.3 Å². The molecule has 0 aliphatic heterocycles. The number of thiophene rings is 1. The summed E-state index contributed by atoms with van der Waals surface area (Å²) in [5.74, 6) is 5.35. The van der Waals surface area contributed by atoms with Gasteiger partial charge in [-0.25, -0.2) is 9.97 Å². The van der Waals surface area contributed by atoms with Crippen molar-refractivity contribution >= 4 is 45.2 Å². The van der Waals surface area contributed by atoms with Gasteiger partial charge < -0.3 is 10.4 Å². The third-order valence-electron chi connectivity index (χ3n) is 2.44. The number of carboxylic acid groups (broad SMARTS) is 1. The minimum Gasteiger partial charge on any atom is -0.481 e. The molecule has 0 radical (unpaired) electrons. The molecule has 2 N–H and O–H groups in total. The van der Waals surface area contributed by atoms with E-state index in [9.17, 15) is 9.59 Å². The Balaban J connectivity index is 2.26. The monoisotopic (exact) mass is 335 g/mol. The van der Waals surface area contributed by atoms with Crippen molar-refractivity contribution in [1.82, 2.24) is 15.3 Å². The molecule has 0 saturated carbocycles. The third-order valence-corrected chi connectivity index (χ3v) is 4.36. The van der Waals surface area contributed by atoms with Crippen LogP contribution in [0.5, 0.6) is 0 Å². The lowest BCUT2D eigenvalue weighted by Crippen LogP contribution is -2.19. The number of amides is 1. The minimum atomic E-state index is -0.889. The Morgan fingerprint density at radius 3 is 2.91 bits per heavy atom. The van der Waals surface area contributed by atoms with Crippen molar-refractivity contribution < 1.29 is 14.7 Å². The standard InChI is InChI=1S/C14H13N3O3S2/c1-8-16-13(21-7-12(19)20)11-6-10(22-14(11)17-8)4-3-5-15-9(2)18/h6H,5,7H2,1-2H3,(H,15,18)(H,19,20). The van der Waals surface area contributed by atoms with Crippen molar-refractivity contribution in [1.29, 1.82) is 0 Å². The Kier molecular flexibility index (Phi) is 5.35. The van der Waals surface area contributed by atoms with Crippen LogP contribution in [0, 0.1) is 18.8 Å². The molecule has 0 unspecified atom stereocenters. The molecule has 2 aromatic heterocycles. The zero-order valence-electron chi connectivity index (χ0n) is 12.0. The summed E-state index contributed by atoms with van der Waals surface area (Å²) in [7, 11) is 0. The number of carbonyl (C=O) groups excluding carboxylic acids is 1. The molecule has 0 atom stereocenters. The van der Waals surface area contributed by atoms with Gasteiger partial charge in [0.25, 0.3) is 0 Å². The van der Waals surface area contributed by atoms with E-state index in [1.165, 1.54) is 30.0 Å². The van der Waals surface area contributed by atoms with Gasteiger partial charge in [-0.1, -0.05) is 23.6 Å². The van der Waals surface area contributed by atoms with E-state index in [2.05, 4.69) is 27.1 Å². The highest BCUT2D eigenvalue weighted by Crippen LogP contribution is 2.31. The lowest BCUT2D eigenvalue weighted by Gasteiger charge is -2.00. The largest absolute Gasteiger partial charge is 0.481 e. The highest BCUT2D eigenvalue weighted by Gasteiger charge is 2.11. The maximum Gasteiger partial charge on any atom is 0.313 e. The summed E-state index contributed by atoms with van der Waals surface area (Å²) < 4.78 is 0. The van der Waals surface area contributed by atoms with Gasteiger partial charge in [-0.3, -0.25) is 9.59 Å². The number of nitrogens with one attached hydrogen (secondary N) is 1. The number of hydrogen-bond donors (Lipinski definition) is 2. The number of hydrogen-bond acceptors (Lipinski definition) is 6. The van der Waals surface area contributed by atoms with Gasteiger partial charge in [0.2, 0.25) is 5.91 Å². The maximum absolute atomic E-state index is 10.8. The number of aryl methyl sites for hydroxylation is 1. The van der Waals surface area contributed by atoms with Crippen LogP contribution in [0.25, 0.3) is 10.2 Å². The molecule has 2 heterocycles. The number of thioether (sulfide) groups is 1. The fraction of sp³-hybridized carbons (Fsp3) is 0.286. The molecule has 8 heteroatoms. The lowest BCUT2D eigenvalue weighted by molar-refractivity contribution is -0.133. The molecule has 0 aliphatic rings. The van der Waals surface area contributed by atoms with Crippen LogP contribution in [0.3, 0.4) is 0 Å². The molecular weight excluding hydrogens is 322 g/mol. The first-order valence-corrected chi connectivity index (χ1v) is 8.12. The molecule has 0 bridgehead atoms. The van der Waals surface area contributed by atoms with Crippen molar-refractivity contribution in [2.24, 2.45) is 0 Å². The van der Waals surface area contributed by atoms with E-state index in [1.54, 1.807) is 6.92 Å². The van der Waals surface area contributed by atoms with E-state index in [4.69, 9.17) is 5.11 Å². The van der Waals surface area contributed by atoms with Crippen molar-refractivity contribution in [3.8, 4) is 11.8 Å². The Morgan fingerprint density at radius 2 is 2.23 bits per heavy atom. The van der Waals surface area contributed by atoms with Gasteiger partial charge in [0.15, 0.2) is 0 Å². The van der Waals surface area contributed by atoms with E-state index in [-0.39, 0.29) is 18.2 Å². The third kappa shape index (κ3) is 4.44. The van der Waals surface area contributed by atoms with Crippen LogP contribution in [0.2, 0.25) is 0 Å². The molecule has 114 valence electrons. The van der Waals surface area contributed by atoms with Gasteiger partial charge in [-0.05, 0) is 13.0 Å². The predicted molar refractivity (Wildman–Crippen MR) is 86.1 cm³/mol. The highest BCUT2D eigenvalue weighted by atomic mass is 32.2. The summed E-state index contributed by atoms with van der Waals surface area (Å²) in [6.07, 6.45) is 0. The fourth-order valence-corrected chi connectivity index (χ4v) is 3.38. The number of aromatic nitrogens is 2. The van der Waals surface area contributed by atoms with Gasteiger partial charge in [0, 0.05) is 12.3 Å². The predicted octanol–water partition coefficient (Wildman–Crippen LogP) is 1.66. The smallest absolute Gasteiger partial charge is 0.313 e. The summed E-state index contributed by atoms with van der Waals surface area (Å²) in [5, 5.41) is 12.8. The molecule has 22 heavy (non-hydrogen) atoms. The van der Waals surface area contributed by atoms with Gasteiger partial charge >= 0.3 is 5.97 Å². The maximum atomic E-state index is 10.8. The van der Waals surface area contributed by atoms with E-state index in [0.717, 1.165) is 15.1 Å². The highest BCUT2D eigenvalue weighted by molar-refractivity contribution is 8.00. The summed E-state index contributed by atoms with van der Waals surface area (Å²) in [5.41, 5.74) is 0. The average molecular weight is 335 g/mol. The number of aliphatic carboxylic acids is 1. The molecule has 0 aliphatic carbocycles. The van der Waals surface area contributed by atoms with Gasteiger partial charge in [0.05, 0.1) is 17.2 Å². The average Bonchev–Trinajstić information content (AvgIpc) is 2.83. The van der Waals surface area contributed by atoms with Crippen molar-refractivity contribution in [3.63, 3.8) is 0 Å². The molecule has 2 rings (SSSR count). The number of carboxylic acids is 1. The minimum absolute atomic E-state index is 0.0507. The summed E-state index contributed by atoms with van der Waals surface area (Å²) in [6, 6.07) is 1.85. The Labute approximate surface area is 135 Å². The van der Waals surface area contributed by atoms with Crippen LogP contribution in [-0.2, 0) is 9.59 Å². The number of nitrogens with zero attached hydrogens (tertiary/aromatic N) is 2. The molecule has 6 nitrogen and oxygen atoms in total. The molecule has 0 fully saturated rings. The van der Waals surface area contributed by atoms with Crippen LogP contribution in [0.15, 0.2) is 11.1 Å². The molecular formula is C14H13N3O3S2. The van der Waals surface area contributed by atoms with E-state index in [0.29, 0.717) is 10.9 Å². The quantitative estimate of drug-likeness (QED) is 0.501.